The first kappa shape index (κ1) is 16.1. The summed E-state index contributed by atoms with van der Waals surface area (Å²) in [5, 5.41) is 13.2. The molecule has 2 aliphatic rings. The predicted octanol–water partition coefficient (Wildman–Crippen LogP) is 1.94. The summed E-state index contributed by atoms with van der Waals surface area (Å²) in [6.45, 7) is 0.631. The highest BCUT2D eigenvalue weighted by Gasteiger charge is 2.27. The van der Waals surface area contributed by atoms with Crippen molar-refractivity contribution < 1.29 is 13.2 Å². The second kappa shape index (κ2) is 5.83. The molecule has 2 aromatic carbocycles. The minimum atomic E-state index is -3.68. The third-order valence-corrected chi connectivity index (χ3v) is 5.66. The van der Waals surface area contributed by atoms with Crippen LogP contribution in [0.25, 0.3) is 0 Å². The Morgan fingerprint density at radius 1 is 1.12 bits per heavy atom. The molecule has 2 heterocycles. The molecule has 128 valence electrons. The molecule has 1 amide bonds. The van der Waals surface area contributed by atoms with Crippen LogP contribution in [0.2, 0.25) is 0 Å². The van der Waals surface area contributed by atoms with E-state index >= 15 is 0 Å². The van der Waals surface area contributed by atoms with E-state index in [0.29, 0.717) is 18.5 Å². The number of nitrogens with zero attached hydrogens (tertiary/aromatic N) is 3. The zero-order valence-electron chi connectivity index (χ0n) is 13.3. The first-order valence-electron chi connectivity index (χ1n) is 7.87. The molecular weight excluding hydrogens is 340 g/mol. The zero-order chi connectivity index (χ0) is 17.6. The fraction of sp³-hybridized carbons (Fsp3) is 0.235. The normalized spacial score (nSPS) is 20.2. The van der Waals surface area contributed by atoms with Crippen LogP contribution in [-0.2, 0) is 23.2 Å². The minimum absolute atomic E-state index is 0.274. The number of carbonyl (C=O) groups is 1. The largest absolute Gasteiger partial charge is 0.295 e. The molecule has 0 saturated heterocycles. The Bertz CT molecular complexity index is 1000. The lowest BCUT2D eigenvalue weighted by Crippen LogP contribution is -2.40. The fourth-order valence-electron chi connectivity index (χ4n) is 3.34. The lowest BCUT2D eigenvalue weighted by Gasteiger charge is -2.27. The van der Waals surface area contributed by atoms with E-state index in [-0.39, 0.29) is 18.5 Å². The Labute approximate surface area is 145 Å². The van der Waals surface area contributed by atoms with Crippen LogP contribution >= 0.6 is 0 Å². The number of hydrogen-bond acceptors (Lipinski definition) is 4. The van der Waals surface area contributed by atoms with E-state index in [9.17, 15) is 13.2 Å². The average Bonchev–Trinajstić information content (AvgIpc) is 2.61. The second-order valence-corrected chi connectivity index (χ2v) is 7.71. The van der Waals surface area contributed by atoms with E-state index in [1.54, 1.807) is 6.07 Å². The van der Waals surface area contributed by atoms with E-state index in [1.165, 1.54) is 4.31 Å². The van der Waals surface area contributed by atoms with Gasteiger partial charge < -0.3 is 0 Å². The van der Waals surface area contributed by atoms with Gasteiger partial charge >= 0.3 is 0 Å². The van der Waals surface area contributed by atoms with Crippen molar-refractivity contribution in [3.05, 3.63) is 70.3 Å². The van der Waals surface area contributed by atoms with Crippen LogP contribution < -0.4 is 5.14 Å². The van der Waals surface area contributed by atoms with Crippen molar-refractivity contribution in [2.45, 2.75) is 19.0 Å². The molecular formula is C17H16N4O3S. The number of hydrogen-bond donors (Lipinski definition) is 1. The Morgan fingerprint density at radius 2 is 1.92 bits per heavy atom. The molecule has 2 aromatic rings. The molecule has 1 atom stereocenters. The number of amides is 1. The molecule has 0 fully saturated rings. The Hall–Kier alpha value is -2.42. The van der Waals surface area contributed by atoms with Crippen LogP contribution in [0.5, 0.6) is 0 Å². The summed E-state index contributed by atoms with van der Waals surface area (Å²) in [6, 6.07) is 12.8. The van der Waals surface area contributed by atoms with Gasteiger partial charge in [-0.05, 0) is 34.7 Å². The van der Waals surface area contributed by atoms with Crippen molar-refractivity contribution in [3.63, 3.8) is 0 Å². The van der Waals surface area contributed by atoms with Gasteiger partial charge in [-0.1, -0.05) is 36.4 Å². The maximum atomic E-state index is 11.9. The lowest BCUT2D eigenvalue weighted by atomic mass is 9.90. The molecule has 0 radical (unpaired) electrons. The molecule has 25 heavy (non-hydrogen) atoms. The van der Waals surface area contributed by atoms with Gasteiger partial charge in [0, 0.05) is 18.7 Å². The summed E-state index contributed by atoms with van der Waals surface area (Å²) >= 11 is 0. The monoisotopic (exact) mass is 356 g/mol. The summed E-state index contributed by atoms with van der Waals surface area (Å²) in [7, 11) is -3.68. The van der Waals surface area contributed by atoms with E-state index in [1.807, 2.05) is 36.4 Å². The number of fused-ring (bicyclic) bond motifs is 2. The van der Waals surface area contributed by atoms with Gasteiger partial charge in [0.15, 0.2) is 0 Å². The third kappa shape index (κ3) is 2.88. The summed E-state index contributed by atoms with van der Waals surface area (Å²) < 4.78 is 24.3. The van der Waals surface area contributed by atoms with Crippen LogP contribution in [0, 0.1) is 0 Å². The minimum Gasteiger partial charge on any atom is -0.265 e. The van der Waals surface area contributed by atoms with Crippen LogP contribution in [0.3, 0.4) is 0 Å². The SMILES string of the molecule is NS(=O)(=O)N1CCc2cc(C3N=NC(=O)c4ccccc43)ccc2C1. The summed E-state index contributed by atoms with van der Waals surface area (Å²) in [4.78, 5) is 11.9. The molecule has 2 aliphatic heterocycles. The molecule has 0 saturated carbocycles. The van der Waals surface area contributed by atoms with Crippen molar-refractivity contribution in [2.75, 3.05) is 6.54 Å². The topological polar surface area (TPSA) is 105 Å². The quantitative estimate of drug-likeness (QED) is 0.889. The zero-order valence-corrected chi connectivity index (χ0v) is 14.1. The number of rotatable bonds is 2. The van der Waals surface area contributed by atoms with Gasteiger partial charge in [-0.2, -0.15) is 17.8 Å². The number of benzene rings is 2. The molecule has 0 spiro atoms. The van der Waals surface area contributed by atoms with Crippen molar-refractivity contribution in [1.29, 1.82) is 0 Å². The maximum absolute atomic E-state index is 11.9. The van der Waals surface area contributed by atoms with Crippen LogP contribution in [-0.4, -0.2) is 25.2 Å². The van der Waals surface area contributed by atoms with Gasteiger partial charge in [0.1, 0.15) is 6.04 Å². The van der Waals surface area contributed by atoms with Crippen LogP contribution in [0.4, 0.5) is 0 Å². The number of carbonyl (C=O) groups excluding carboxylic acids is 1. The lowest BCUT2D eigenvalue weighted by molar-refractivity contribution is 0.0986. The van der Waals surface area contributed by atoms with Crippen LogP contribution in [0.15, 0.2) is 52.7 Å². The Balaban J connectivity index is 1.70. The second-order valence-electron chi connectivity index (χ2n) is 6.17. The standard InChI is InChI=1S/C17H16N4O3S/c18-25(23,24)21-8-7-11-9-12(5-6-13(11)10-21)16-14-3-1-2-4-15(14)17(22)20-19-16/h1-6,9,16H,7-8,10H2,(H2,18,23,24). The highest BCUT2D eigenvalue weighted by Crippen LogP contribution is 2.34. The maximum Gasteiger partial charge on any atom is 0.295 e. The van der Waals surface area contributed by atoms with Crippen molar-refractivity contribution in [3.8, 4) is 0 Å². The molecule has 2 N–H and O–H groups in total. The highest BCUT2D eigenvalue weighted by atomic mass is 32.2. The Morgan fingerprint density at radius 3 is 2.72 bits per heavy atom. The van der Waals surface area contributed by atoms with Crippen molar-refractivity contribution in [1.82, 2.24) is 4.31 Å². The molecule has 1 unspecified atom stereocenters. The van der Waals surface area contributed by atoms with E-state index < -0.39 is 10.2 Å². The molecule has 4 rings (SSSR count). The first-order chi connectivity index (χ1) is 11.9. The van der Waals surface area contributed by atoms with E-state index in [2.05, 4.69) is 10.2 Å². The summed E-state index contributed by atoms with van der Waals surface area (Å²) in [6.07, 6.45) is 0.587. The van der Waals surface area contributed by atoms with E-state index in [4.69, 9.17) is 5.14 Å². The highest BCUT2D eigenvalue weighted by molar-refractivity contribution is 7.86. The average molecular weight is 356 g/mol. The van der Waals surface area contributed by atoms with E-state index in [0.717, 1.165) is 22.3 Å². The summed E-state index contributed by atoms with van der Waals surface area (Å²) in [5.74, 6) is -0.325. The fourth-order valence-corrected chi connectivity index (χ4v) is 4.00. The molecule has 7 nitrogen and oxygen atoms in total. The third-order valence-electron chi connectivity index (χ3n) is 4.63. The van der Waals surface area contributed by atoms with Crippen molar-refractivity contribution >= 4 is 16.1 Å². The predicted molar refractivity (Wildman–Crippen MR) is 91.1 cm³/mol. The molecule has 0 aromatic heterocycles. The Kier molecular flexibility index (Phi) is 3.75. The van der Waals surface area contributed by atoms with Gasteiger partial charge in [-0.25, -0.2) is 5.14 Å². The van der Waals surface area contributed by atoms with Gasteiger partial charge in [0.05, 0.1) is 0 Å². The number of azo groups is 1. The number of nitrogens with two attached hydrogens (primary N) is 1. The molecule has 0 bridgehead atoms. The van der Waals surface area contributed by atoms with Crippen LogP contribution in [0.1, 0.15) is 38.7 Å². The van der Waals surface area contributed by atoms with Gasteiger partial charge in [-0.15, -0.1) is 5.11 Å². The smallest absolute Gasteiger partial charge is 0.265 e. The van der Waals surface area contributed by atoms with Gasteiger partial charge in [0.2, 0.25) is 0 Å². The summed E-state index contributed by atoms with van der Waals surface area (Å²) in [5.41, 5.74) is 4.35. The van der Waals surface area contributed by atoms with Gasteiger partial charge in [0.25, 0.3) is 16.1 Å². The van der Waals surface area contributed by atoms with Gasteiger partial charge in [-0.3, -0.25) is 4.79 Å². The molecule has 8 heteroatoms. The molecule has 0 aliphatic carbocycles. The van der Waals surface area contributed by atoms with Crippen molar-refractivity contribution in [2.24, 2.45) is 15.4 Å². The first-order valence-corrected chi connectivity index (χ1v) is 9.37.